The van der Waals surface area contributed by atoms with Crippen LogP contribution in [0.15, 0.2) is 0 Å². The summed E-state index contributed by atoms with van der Waals surface area (Å²) in [6.07, 6.45) is -11.2. The number of carbonyl (C=O) groups excluding carboxylic acids is 1. The van der Waals surface area contributed by atoms with Crippen molar-refractivity contribution in [3.63, 3.8) is 0 Å². The van der Waals surface area contributed by atoms with E-state index in [9.17, 15) is 35.4 Å². The van der Waals surface area contributed by atoms with Gasteiger partial charge < -0.3 is 45.6 Å². The van der Waals surface area contributed by atoms with Crippen molar-refractivity contribution in [3.05, 3.63) is 0 Å². The van der Waals surface area contributed by atoms with E-state index in [-0.39, 0.29) is 0 Å². The van der Waals surface area contributed by atoms with Crippen molar-refractivity contribution in [2.24, 2.45) is 0 Å². The summed E-state index contributed by atoms with van der Waals surface area (Å²) in [6.45, 7) is -2.84. The average molecular weight is 312 g/mol. The zero-order valence-electron chi connectivity index (χ0n) is 11.0. The van der Waals surface area contributed by atoms with Crippen LogP contribution in [0.2, 0.25) is 0 Å². The Hall–Kier alpha value is -0.690. The molecule has 1 saturated heterocycles. The van der Waals surface area contributed by atoms with Gasteiger partial charge in [0.15, 0.2) is 5.60 Å². The summed E-state index contributed by atoms with van der Waals surface area (Å²) in [5, 5.41) is 74.8. The molecule has 10 heteroatoms. The number of hydrogen-bond donors (Lipinski definition) is 8. The Kier molecular flexibility index (Phi) is 6.16. The highest BCUT2D eigenvalue weighted by molar-refractivity contribution is 5.93. The van der Waals surface area contributed by atoms with Crippen LogP contribution in [0.1, 0.15) is 0 Å². The molecule has 1 unspecified atom stereocenters. The number of hydrogen-bond acceptors (Lipinski definition) is 10. The summed E-state index contributed by atoms with van der Waals surface area (Å²) < 4.78 is 4.95. The van der Waals surface area contributed by atoms with Crippen molar-refractivity contribution >= 4 is 5.78 Å². The van der Waals surface area contributed by atoms with E-state index < -0.39 is 67.8 Å². The zero-order chi connectivity index (χ0) is 16.4. The summed E-state index contributed by atoms with van der Waals surface area (Å²) >= 11 is 0. The minimum absolute atomic E-state index is 0.759. The molecule has 1 fully saturated rings. The Balaban J connectivity index is 3.01. The molecule has 0 aromatic rings. The monoisotopic (exact) mass is 312 g/mol. The molecule has 0 aliphatic carbocycles. The number of ketones is 1. The lowest BCUT2D eigenvalue weighted by molar-refractivity contribution is -0.178. The SMILES string of the molecule is O=C([C@H](O)[C@H](O)[C@H](O)CO)C1(CO)O[C@H](CO)[C@@H](O)[C@@H]1O. The van der Waals surface area contributed by atoms with E-state index in [2.05, 4.69) is 0 Å². The normalized spacial score (nSPS) is 37.2. The van der Waals surface area contributed by atoms with Crippen molar-refractivity contribution in [1.82, 2.24) is 0 Å². The molecule has 0 spiro atoms. The molecule has 1 rings (SSSR count). The molecule has 7 atom stereocenters. The number of carbonyl (C=O) groups is 1. The second-order valence-electron chi connectivity index (χ2n) is 4.87. The molecule has 1 heterocycles. The molecule has 0 aromatic heterocycles. The molecular weight excluding hydrogens is 292 g/mol. The first kappa shape index (κ1) is 18.4. The van der Waals surface area contributed by atoms with Gasteiger partial charge in [-0.15, -0.1) is 0 Å². The van der Waals surface area contributed by atoms with Crippen molar-refractivity contribution < 1.29 is 50.4 Å². The molecule has 1 aliphatic rings. The van der Waals surface area contributed by atoms with Gasteiger partial charge in [-0.1, -0.05) is 0 Å². The predicted molar refractivity (Wildman–Crippen MR) is 63.9 cm³/mol. The lowest BCUT2D eigenvalue weighted by atomic mass is 9.85. The van der Waals surface area contributed by atoms with Gasteiger partial charge >= 0.3 is 0 Å². The lowest BCUT2D eigenvalue weighted by Crippen LogP contribution is -2.60. The van der Waals surface area contributed by atoms with E-state index in [0.717, 1.165) is 0 Å². The van der Waals surface area contributed by atoms with Crippen molar-refractivity contribution in [2.75, 3.05) is 19.8 Å². The topological polar surface area (TPSA) is 188 Å². The quantitative estimate of drug-likeness (QED) is 0.225. The number of ether oxygens (including phenoxy) is 1. The van der Waals surface area contributed by atoms with Crippen LogP contribution in [0.4, 0.5) is 0 Å². The van der Waals surface area contributed by atoms with Crippen molar-refractivity contribution in [2.45, 2.75) is 42.2 Å². The standard InChI is InChI=1S/C11H20O10/c12-1-4(15)6(16)8(18)10(20)11(3-14)9(19)7(17)5(2-13)21-11/h4-9,12-19H,1-3H2/t4-,5-,6-,7-,8-,9+,11?/m1/s1. The largest absolute Gasteiger partial charge is 0.394 e. The van der Waals surface area contributed by atoms with E-state index in [1.54, 1.807) is 0 Å². The van der Waals surface area contributed by atoms with Gasteiger partial charge in [0.05, 0.1) is 19.8 Å². The highest BCUT2D eigenvalue weighted by atomic mass is 16.6. The molecule has 0 saturated carbocycles. The van der Waals surface area contributed by atoms with Gasteiger partial charge in [-0.05, 0) is 0 Å². The maximum Gasteiger partial charge on any atom is 0.200 e. The van der Waals surface area contributed by atoms with Crippen molar-refractivity contribution in [3.8, 4) is 0 Å². The summed E-state index contributed by atoms with van der Waals surface area (Å²) in [5.74, 6) is -1.40. The third-order valence-electron chi connectivity index (χ3n) is 3.55. The Morgan fingerprint density at radius 3 is 2.10 bits per heavy atom. The third kappa shape index (κ3) is 3.08. The number of Topliss-reactive ketones (excluding diaryl/α,β-unsaturated/α-hetero) is 1. The molecule has 10 nitrogen and oxygen atoms in total. The van der Waals surface area contributed by atoms with E-state index >= 15 is 0 Å². The summed E-state index contributed by atoms with van der Waals surface area (Å²) in [6, 6.07) is 0. The molecule has 0 aromatic carbocycles. The zero-order valence-corrected chi connectivity index (χ0v) is 11.0. The maximum atomic E-state index is 12.1. The summed E-state index contributed by atoms with van der Waals surface area (Å²) in [5.41, 5.74) is -2.46. The number of aliphatic hydroxyl groups is 8. The molecule has 124 valence electrons. The fourth-order valence-corrected chi connectivity index (χ4v) is 2.17. The van der Waals surface area contributed by atoms with Gasteiger partial charge in [-0.2, -0.15) is 0 Å². The Morgan fingerprint density at radius 1 is 1.14 bits per heavy atom. The third-order valence-corrected chi connectivity index (χ3v) is 3.55. The second kappa shape index (κ2) is 7.05. The second-order valence-corrected chi connectivity index (χ2v) is 4.87. The Morgan fingerprint density at radius 2 is 1.71 bits per heavy atom. The van der Waals surface area contributed by atoms with Gasteiger partial charge in [0, 0.05) is 0 Å². The predicted octanol–water partition coefficient (Wildman–Crippen LogP) is -5.53. The lowest BCUT2D eigenvalue weighted by Gasteiger charge is -2.32. The van der Waals surface area contributed by atoms with Gasteiger partial charge in [-0.3, -0.25) is 4.79 Å². The molecule has 1 aliphatic heterocycles. The minimum Gasteiger partial charge on any atom is -0.394 e. The van der Waals surface area contributed by atoms with Crippen LogP contribution in [0.3, 0.4) is 0 Å². The van der Waals surface area contributed by atoms with Crippen LogP contribution in [-0.2, 0) is 9.53 Å². The van der Waals surface area contributed by atoms with E-state index in [1.165, 1.54) is 0 Å². The fraction of sp³-hybridized carbons (Fsp3) is 0.909. The first-order valence-electron chi connectivity index (χ1n) is 6.21. The van der Waals surface area contributed by atoms with Gasteiger partial charge in [0.2, 0.25) is 5.78 Å². The minimum atomic E-state index is -2.46. The van der Waals surface area contributed by atoms with Crippen LogP contribution < -0.4 is 0 Å². The highest BCUT2D eigenvalue weighted by Gasteiger charge is 2.60. The number of rotatable bonds is 7. The van der Waals surface area contributed by atoms with Gasteiger partial charge in [0.25, 0.3) is 0 Å². The molecule has 0 radical (unpaired) electrons. The summed E-state index contributed by atoms with van der Waals surface area (Å²) in [7, 11) is 0. The van der Waals surface area contributed by atoms with Crippen LogP contribution >= 0.6 is 0 Å². The highest BCUT2D eigenvalue weighted by Crippen LogP contribution is 2.33. The van der Waals surface area contributed by atoms with E-state index in [0.29, 0.717) is 0 Å². The Bertz CT molecular complexity index is 363. The van der Waals surface area contributed by atoms with E-state index in [4.69, 9.17) is 14.9 Å². The first-order valence-corrected chi connectivity index (χ1v) is 6.21. The smallest absolute Gasteiger partial charge is 0.200 e. The fourth-order valence-electron chi connectivity index (χ4n) is 2.17. The van der Waals surface area contributed by atoms with Gasteiger partial charge in [0.1, 0.15) is 36.6 Å². The van der Waals surface area contributed by atoms with E-state index in [1.807, 2.05) is 0 Å². The first-order chi connectivity index (χ1) is 9.76. The summed E-state index contributed by atoms with van der Waals surface area (Å²) in [4.78, 5) is 12.1. The number of aliphatic hydroxyl groups excluding tert-OH is 8. The molecular formula is C11H20O10. The Labute approximate surface area is 119 Å². The molecule has 0 amide bonds. The molecule has 8 N–H and O–H groups in total. The molecule has 21 heavy (non-hydrogen) atoms. The van der Waals surface area contributed by atoms with Crippen LogP contribution in [0.5, 0.6) is 0 Å². The van der Waals surface area contributed by atoms with Crippen LogP contribution in [-0.4, -0.2) is 109 Å². The van der Waals surface area contributed by atoms with Gasteiger partial charge in [-0.25, -0.2) is 0 Å². The van der Waals surface area contributed by atoms with Crippen LogP contribution in [0.25, 0.3) is 0 Å². The van der Waals surface area contributed by atoms with Crippen molar-refractivity contribution in [1.29, 1.82) is 0 Å². The average Bonchev–Trinajstić information content (AvgIpc) is 2.76. The van der Waals surface area contributed by atoms with Crippen LogP contribution in [0, 0.1) is 0 Å². The molecule has 0 bridgehead atoms. The maximum absolute atomic E-state index is 12.1.